The van der Waals surface area contributed by atoms with Gasteiger partial charge in [-0.15, -0.1) is 0 Å². The second kappa shape index (κ2) is 11.3. The number of rotatable bonds is 9. The minimum absolute atomic E-state index is 0.0672. The van der Waals surface area contributed by atoms with Gasteiger partial charge in [0, 0.05) is 43.9 Å². The number of Topliss-reactive ketones (excluding diaryl/α,β-unsaturated/α-hetero) is 1. The maximum atomic E-state index is 13.0. The molecule has 0 spiro atoms. The van der Waals surface area contributed by atoms with Crippen molar-refractivity contribution in [2.24, 2.45) is 5.92 Å². The first kappa shape index (κ1) is 24.7. The number of methoxy groups -OCH3 is 1. The molecule has 1 saturated heterocycles. The predicted molar refractivity (Wildman–Crippen MR) is 134 cm³/mol. The quantitative estimate of drug-likeness (QED) is 0.356. The Morgan fingerprint density at radius 2 is 1.89 bits per heavy atom. The predicted octanol–water partition coefficient (Wildman–Crippen LogP) is 4.65. The van der Waals surface area contributed by atoms with Crippen molar-refractivity contribution in [2.75, 3.05) is 25.1 Å². The highest BCUT2D eigenvalue weighted by molar-refractivity contribution is 5.96. The minimum Gasteiger partial charge on any atom is -0.469 e. The van der Waals surface area contributed by atoms with E-state index in [0.717, 1.165) is 42.7 Å². The normalized spacial score (nSPS) is 15.1. The summed E-state index contributed by atoms with van der Waals surface area (Å²) >= 11 is 0. The van der Waals surface area contributed by atoms with Crippen LogP contribution in [-0.4, -0.2) is 37.1 Å². The molecule has 4 rings (SSSR count). The van der Waals surface area contributed by atoms with Gasteiger partial charge < -0.3 is 19.5 Å². The third kappa shape index (κ3) is 6.17. The Kier molecular flexibility index (Phi) is 7.98. The van der Waals surface area contributed by atoms with Crippen LogP contribution in [0.15, 0.2) is 59.1 Å². The van der Waals surface area contributed by atoms with Crippen molar-refractivity contribution >= 4 is 17.4 Å². The number of anilines is 1. The molecule has 1 aromatic heterocycles. The number of nitrogens with one attached hydrogen (secondary N) is 1. The second-order valence-electron chi connectivity index (χ2n) is 9.18. The van der Waals surface area contributed by atoms with E-state index in [2.05, 4.69) is 52.6 Å². The van der Waals surface area contributed by atoms with Gasteiger partial charge in [0.15, 0.2) is 5.78 Å². The van der Waals surface area contributed by atoms with Crippen LogP contribution in [0.4, 0.5) is 5.69 Å². The van der Waals surface area contributed by atoms with E-state index in [1.54, 1.807) is 13.0 Å². The van der Waals surface area contributed by atoms with Crippen molar-refractivity contribution in [3.05, 3.63) is 82.7 Å². The standard InChI is InChI=1S/C28H33N3O4/c1-19-15-25(30-35-19)27(32)17-24-16-21(18-29-20(2)22-7-5-4-6-8-22)9-10-26(24)31-13-11-23(12-14-31)28(33)34-3/h4-10,15-16,20,23,29H,11-14,17-18H2,1-3H3. The first-order valence-electron chi connectivity index (χ1n) is 12.1. The molecule has 0 bridgehead atoms. The Labute approximate surface area is 206 Å². The average molecular weight is 476 g/mol. The van der Waals surface area contributed by atoms with Gasteiger partial charge in [0.2, 0.25) is 0 Å². The molecule has 3 aromatic rings. The molecule has 1 unspecified atom stereocenters. The van der Waals surface area contributed by atoms with Crippen LogP contribution < -0.4 is 10.2 Å². The molecule has 35 heavy (non-hydrogen) atoms. The van der Waals surface area contributed by atoms with Gasteiger partial charge in [-0.3, -0.25) is 9.59 Å². The first-order chi connectivity index (χ1) is 16.9. The van der Waals surface area contributed by atoms with Gasteiger partial charge in [-0.05, 0) is 49.4 Å². The topological polar surface area (TPSA) is 84.7 Å². The van der Waals surface area contributed by atoms with Gasteiger partial charge in [-0.25, -0.2) is 0 Å². The number of ketones is 1. The van der Waals surface area contributed by atoms with E-state index < -0.39 is 0 Å². The zero-order chi connectivity index (χ0) is 24.8. The molecule has 1 aliphatic rings. The van der Waals surface area contributed by atoms with E-state index in [4.69, 9.17) is 9.26 Å². The molecule has 184 valence electrons. The lowest BCUT2D eigenvalue weighted by Gasteiger charge is -2.34. The summed E-state index contributed by atoms with van der Waals surface area (Å²) in [6.45, 7) is 6.09. The van der Waals surface area contributed by atoms with Crippen molar-refractivity contribution in [3.63, 3.8) is 0 Å². The van der Waals surface area contributed by atoms with Crippen molar-refractivity contribution in [1.82, 2.24) is 10.5 Å². The molecule has 7 nitrogen and oxygen atoms in total. The zero-order valence-corrected chi connectivity index (χ0v) is 20.6. The Hall–Kier alpha value is -3.45. The molecule has 2 heterocycles. The molecule has 1 aliphatic heterocycles. The average Bonchev–Trinajstić information content (AvgIpc) is 3.34. The van der Waals surface area contributed by atoms with Gasteiger partial charge in [0.05, 0.1) is 13.0 Å². The van der Waals surface area contributed by atoms with Crippen LogP contribution in [-0.2, 0) is 22.5 Å². The van der Waals surface area contributed by atoms with E-state index in [0.29, 0.717) is 18.0 Å². The molecule has 0 amide bonds. The first-order valence-corrected chi connectivity index (χ1v) is 12.1. The molecule has 7 heteroatoms. The van der Waals surface area contributed by atoms with Crippen molar-refractivity contribution in [3.8, 4) is 0 Å². The van der Waals surface area contributed by atoms with E-state index >= 15 is 0 Å². The lowest BCUT2D eigenvalue weighted by Crippen LogP contribution is -2.37. The summed E-state index contributed by atoms with van der Waals surface area (Å²) < 4.78 is 10.0. The summed E-state index contributed by atoms with van der Waals surface area (Å²) in [4.78, 5) is 27.2. The number of piperidine rings is 1. The van der Waals surface area contributed by atoms with Gasteiger partial charge >= 0.3 is 5.97 Å². The highest BCUT2D eigenvalue weighted by atomic mass is 16.5. The highest BCUT2D eigenvalue weighted by Gasteiger charge is 2.27. The molecule has 1 fully saturated rings. The molecule has 1 atom stereocenters. The van der Waals surface area contributed by atoms with Gasteiger partial charge in [0.25, 0.3) is 0 Å². The van der Waals surface area contributed by atoms with Gasteiger partial charge in [-0.1, -0.05) is 47.6 Å². The number of ether oxygens (including phenoxy) is 1. The number of carbonyl (C=O) groups is 2. The summed E-state index contributed by atoms with van der Waals surface area (Å²) in [5.74, 6) is 0.333. The summed E-state index contributed by atoms with van der Waals surface area (Å²) in [7, 11) is 1.44. The Morgan fingerprint density at radius 3 is 2.54 bits per heavy atom. The fraction of sp³-hybridized carbons (Fsp3) is 0.393. The number of aromatic nitrogens is 1. The number of benzene rings is 2. The maximum Gasteiger partial charge on any atom is 0.308 e. The van der Waals surface area contributed by atoms with Crippen LogP contribution in [0.3, 0.4) is 0 Å². The minimum atomic E-state index is -0.143. The number of esters is 1. The summed E-state index contributed by atoms with van der Waals surface area (Å²) in [6, 6.07) is 18.5. The maximum absolute atomic E-state index is 13.0. The Morgan fingerprint density at radius 1 is 1.14 bits per heavy atom. The van der Waals surface area contributed by atoms with Gasteiger partial charge in [-0.2, -0.15) is 0 Å². The third-order valence-electron chi connectivity index (χ3n) is 6.69. The molecule has 1 N–H and O–H groups in total. The van der Waals surface area contributed by atoms with Crippen LogP contribution in [0.5, 0.6) is 0 Å². The SMILES string of the molecule is COC(=O)C1CCN(c2ccc(CNC(C)c3ccccc3)cc2CC(=O)c2cc(C)on2)CC1. The number of hydrogen-bond acceptors (Lipinski definition) is 7. The summed E-state index contributed by atoms with van der Waals surface area (Å²) in [6.07, 6.45) is 1.71. The smallest absolute Gasteiger partial charge is 0.308 e. The number of carbonyl (C=O) groups excluding carboxylic acids is 2. The monoisotopic (exact) mass is 475 g/mol. The van der Waals surface area contributed by atoms with Crippen LogP contribution >= 0.6 is 0 Å². The highest BCUT2D eigenvalue weighted by Crippen LogP contribution is 2.29. The lowest BCUT2D eigenvalue weighted by atomic mass is 9.94. The van der Waals surface area contributed by atoms with Crippen molar-refractivity contribution < 1.29 is 18.8 Å². The lowest BCUT2D eigenvalue weighted by molar-refractivity contribution is -0.146. The second-order valence-corrected chi connectivity index (χ2v) is 9.18. The molecule has 0 aliphatic carbocycles. The molecular formula is C28H33N3O4. The molecular weight excluding hydrogens is 442 g/mol. The van der Waals surface area contributed by atoms with Crippen molar-refractivity contribution in [2.45, 2.75) is 45.7 Å². The number of hydrogen-bond donors (Lipinski definition) is 1. The van der Waals surface area contributed by atoms with E-state index in [9.17, 15) is 9.59 Å². The third-order valence-corrected chi connectivity index (χ3v) is 6.69. The van der Waals surface area contributed by atoms with Crippen LogP contribution in [0.2, 0.25) is 0 Å². The largest absolute Gasteiger partial charge is 0.469 e. The molecule has 0 radical (unpaired) electrons. The summed E-state index contributed by atoms with van der Waals surface area (Å²) in [5, 5.41) is 7.48. The van der Waals surface area contributed by atoms with Crippen LogP contribution in [0.1, 0.15) is 58.7 Å². The fourth-order valence-electron chi connectivity index (χ4n) is 4.61. The zero-order valence-electron chi connectivity index (χ0n) is 20.6. The van der Waals surface area contributed by atoms with Crippen LogP contribution in [0.25, 0.3) is 0 Å². The molecule has 0 saturated carbocycles. The molecule has 2 aromatic carbocycles. The van der Waals surface area contributed by atoms with E-state index in [1.165, 1.54) is 12.7 Å². The van der Waals surface area contributed by atoms with E-state index in [1.807, 2.05) is 18.2 Å². The van der Waals surface area contributed by atoms with Crippen molar-refractivity contribution in [1.29, 1.82) is 0 Å². The van der Waals surface area contributed by atoms with Gasteiger partial charge in [0.1, 0.15) is 11.5 Å². The number of aryl methyl sites for hydroxylation is 1. The Bertz CT molecular complexity index is 1150. The Balaban J connectivity index is 1.52. The van der Waals surface area contributed by atoms with Crippen LogP contribution in [0, 0.1) is 12.8 Å². The fourth-order valence-corrected chi connectivity index (χ4v) is 4.61. The summed E-state index contributed by atoms with van der Waals surface area (Å²) in [5.41, 5.74) is 4.68. The number of nitrogens with zero attached hydrogens (tertiary/aromatic N) is 2. The van der Waals surface area contributed by atoms with E-state index in [-0.39, 0.29) is 30.1 Å².